The smallest absolute Gasteiger partial charge is 0.226 e. The molecule has 0 bridgehead atoms. The maximum Gasteiger partial charge on any atom is 0.226 e. The molecule has 1 aromatic rings. The second-order valence-electron chi connectivity index (χ2n) is 4.14. The van der Waals surface area contributed by atoms with Crippen LogP contribution in [-0.2, 0) is 16.1 Å². The Bertz CT molecular complexity index is 349. The zero-order valence-electron chi connectivity index (χ0n) is 11.2. The van der Waals surface area contributed by atoms with Gasteiger partial charge >= 0.3 is 0 Å². The quantitative estimate of drug-likeness (QED) is 0.695. The molecule has 0 unspecified atom stereocenters. The van der Waals surface area contributed by atoms with Crippen molar-refractivity contribution < 1.29 is 9.53 Å². The van der Waals surface area contributed by atoms with Crippen molar-refractivity contribution in [1.82, 2.24) is 5.32 Å². The topological polar surface area (TPSA) is 50.4 Å². The first-order chi connectivity index (χ1) is 8.76. The fourth-order valence-electron chi connectivity index (χ4n) is 1.54. The summed E-state index contributed by atoms with van der Waals surface area (Å²) in [7, 11) is 1.91. The highest BCUT2D eigenvalue weighted by atomic mass is 16.5. The molecule has 18 heavy (non-hydrogen) atoms. The lowest BCUT2D eigenvalue weighted by Gasteiger charge is -2.07. The predicted molar refractivity (Wildman–Crippen MR) is 73.6 cm³/mol. The number of benzene rings is 1. The first kappa shape index (κ1) is 14.7. The first-order valence-corrected chi connectivity index (χ1v) is 6.37. The molecular weight excluding hydrogens is 228 g/mol. The van der Waals surface area contributed by atoms with Gasteiger partial charge in [-0.15, -0.1) is 0 Å². The fourth-order valence-corrected chi connectivity index (χ4v) is 1.54. The second-order valence-corrected chi connectivity index (χ2v) is 4.14. The van der Waals surface area contributed by atoms with Crippen molar-refractivity contribution in [1.29, 1.82) is 0 Å². The zero-order chi connectivity index (χ0) is 13.2. The minimum absolute atomic E-state index is 0.00697. The summed E-state index contributed by atoms with van der Waals surface area (Å²) in [5.74, 6) is -0.00697. The summed E-state index contributed by atoms with van der Waals surface area (Å²) in [5, 5.41) is 5.93. The van der Waals surface area contributed by atoms with Crippen LogP contribution in [0.1, 0.15) is 25.3 Å². The standard InChI is InChI=1S/C14H22N2O2/c1-3-9-18-10-8-14(17)16-13-6-4-12(5-7-13)11-15-2/h4-7,15H,3,8-11H2,1-2H3,(H,16,17). The number of hydrogen-bond acceptors (Lipinski definition) is 3. The summed E-state index contributed by atoms with van der Waals surface area (Å²) in [6, 6.07) is 7.83. The number of ether oxygens (including phenoxy) is 1. The van der Waals surface area contributed by atoms with E-state index in [0.29, 0.717) is 19.6 Å². The largest absolute Gasteiger partial charge is 0.381 e. The number of amides is 1. The predicted octanol–water partition coefficient (Wildman–Crippen LogP) is 2.16. The lowest BCUT2D eigenvalue weighted by molar-refractivity contribution is -0.117. The van der Waals surface area contributed by atoms with Crippen LogP contribution >= 0.6 is 0 Å². The van der Waals surface area contributed by atoms with E-state index in [4.69, 9.17) is 4.74 Å². The molecule has 0 atom stereocenters. The van der Waals surface area contributed by atoms with E-state index in [1.165, 1.54) is 5.56 Å². The molecule has 1 amide bonds. The Hall–Kier alpha value is -1.39. The van der Waals surface area contributed by atoms with Crippen molar-refractivity contribution >= 4 is 11.6 Å². The summed E-state index contributed by atoms with van der Waals surface area (Å²) in [6.07, 6.45) is 1.38. The molecule has 2 N–H and O–H groups in total. The third kappa shape index (κ3) is 5.80. The van der Waals surface area contributed by atoms with E-state index in [-0.39, 0.29) is 5.91 Å². The summed E-state index contributed by atoms with van der Waals surface area (Å²) < 4.78 is 5.27. The summed E-state index contributed by atoms with van der Waals surface area (Å²) in [5.41, 5.74) is 2.03. The van der Waals surface area contributed by atoms with Crippen LogP contribution < -0.4 is 10.6 Å². The molecule has 0 heterocycles. The molecule has 1 aromatic carbocycles. The Morgan fingerprint density at radius 3 is 2.56 bits per heavy atom. The van der Waals surface area contributed by atoms with Crippen LogP contribution in [-0.4, -0.2) is 26.2 Å². The molecule has 0 spiro atoms. The molecule has 4 heteroatoms. The SMILES string of the molecule is CCCOCCC(=O)Nc1ccc(CNC)cc1. The third-order valence-corrected chi connectivity index (χ3v) is 2.44. The molecular formula is C14H22N2O2. The van der Waals surface area contributed by atoms with Crippen molar-refractivity contribution in [3.63, 3.8) is 0 Å². The molecule has 0 saturated carbocycles. The maximum absolute atomic E-state index is 11.6. The fraction of sp³-hybridized carbons (Fsp3) is 0.500. The third-order valence-electron chi connectivity index (χ3n) is 2.44. The number of anilines is 1. The van der Waals surface area contributed by atoms with Crippen molar-refractivity contribution in [3.8, 4) is 0 Å². The number of carbonyl (C=O) groups is 1. The van der Waals surface area contributed by atoms with Gasteiger partial charge in [0, 0.05) is 18.8 Å². The minimum atomic E-state index is -0.00697. The van der Waals surface area contributed by atoms with Crippen molar-refractivity contribution in [3.05, 3.63) is 29.8 Å². The monoisotopic (exact) mass is 250 g/mol. The van der Waals surface area contributed by atoms with Gasteiger partial charge in [0.25, 0.3) is 0 Å². The molecule has 100 valence electrons. The Morgan fingerprint density at radius 1 is 1.22 bits per heavy atom. The van der Waals surface area contributed by atoms with Gasteiger partial charge in [0.2, 0.25) is 5.91 Å². The molecule has 0 aliphatic carbocycles. The van der Waals surface area contributed by atoms with Gasteiger partial charge in [-0.1, -0.05) is 19.1 Å². The number of nitrogens with one attached hydrogen (secondary N) is 2. The van der Waals surface area contributed by atoms with Crippen molar-refractivity contribution in [2.75, 3.05) is 25.6 Å². The van der Waals surface area contributed by atoms with Crippen molar-refractivity contribution in [2.45, 2.75) is 26.3 Å². The van der Waals surface area contributed by atoms with Gasteiger partial charge in [-0.25, -0.2) is 0 Å². The van der Waals surface area contributed by atoms with Crippen LogP contribution in [0.4, 0.5) is 5.69 Å². The van der Waals surface area contributed by atoms with E-state index >= 15 is 0 Å². The molecule has 0 fully saturated rings. The normalized spacial score (nSPS) is 10.3. The van der Waals surface area contributed by atoms with E-state index in [1.807, 2.05) is 38.2 Å². The van der Waals surface area contributed by atoms with Gasteiger partial charge in [0.1, 0.15) is 0 Å². The first-order valence-electron chi connectivity index (χ1n) is 6.37. The van der Waals surface area contributed by atoms with Gasteiger partial charge < -0.3 is 15.4 Å². The van der Waals surface area contributed by atoms with Crippen LogP contribution in [0.2, 0.25) is 0 Å². The van der Waals surface area contributed by atoms with Crippen LogP contribution in [0.3, 0.4) is 0 Å². The highest BCUT2D eigenvalue weighted by molar-refractivity contribution is 5.90. The van der Waals surface area contributed by atoms with Gasteiger partial charge in [0.05, 0.1) is 13.0 Å². The zero-order valence-corrected chi connectivity index (χ0v) is 11.2. The molecule has 1 rings (SSSR count). The molecule has 0 aliphatic heterocycles. The Kier molecular flexibility index (Phi) is 7.06. The summed E-state index contributed by atoms with van der Waals surface area (Å²) >= 11 is 0. The summed E-state index contributed by atoms with van der Waals surface area (Å²) in [6.45, 7) is 4.08. The average molecular weight is 250 g/mol. The lowest BCUT2D eigenvalue weighted by Crippen LogP contribution is -2.14. The summed E-state index contributed by atoms with van der Waals surface area (Å²) in [4.78, 5) is 11.6. The number of hydrogen-bond donors (Lipinski definition) is 2. The number of carbonyl (C=O) groups excluding carboxylic acids is 1. The van der Waals surface area contributed by atoms with E-state index in [0.717, 1.165) is 18.7 Å². The minimum Gasteiger partial charge on any atom is -0.381 e. The molecule has 0 aromatic heterocycles. The van der Waals surface area contributed by atoms with E-state index in [2.05, 4.69) is 10.6 Å². The average Bonchev–Trinajstić information content (AvgIpc) is 2.37. The Balaban J connectivity index is 2.30. The van der Waals surface area contributed by atoms with Crippen LogP contribution in [0.25, 0.3) is 0 Å². The maximum atomic E-state index is 11.6. The van der Waals surface area contributed by atoms with Crippen LogP contribution in [0.15, 0.2) is 24.3 Å². The van der Waals surface area contributed by atoms with Gasteiger partial charge in [0.15, 0.2) is 0 Å². The second kappa shape index (κ2) is 8.66. The Morgan fingerprint density at radius 2 is 1.94 bits per heavy atom. The van der Waals surface area contributed by atoms with E-state index in [9.17, 15) is 4.79 Å². The molecule has 0 radical (unpaired) electrons. The van der Waals surface area contributed by atoms with Crippen molar-refractivity contribution in [2.24, 2.45) is 0 Å². The molecule has 4 nitrogen and oxygen atoms in total. The van der Waals surface area contributed by atoms with E-state index in [1.54, 1.807) is 0 Å². The highest BCUT2D eigenvalue weighted by Crippen LogP contribution is 2.09. The Labute approximate surface area is 109 Å². The van der Waals surface area contributed by atoms with Gasteiger partial charge in [-0.2, -0.15) is 0 Å². The van der Waals surface area contributed by atoms with E-state index < -0.39 is 0 Å². The van der Waals surface area contributed by atoms with Gasteiger partial charge in [-0.3, -0.25) is 4.79 Å². The van der Waals surface area contributed by atoms with Gasteiger partial charge in [-0.05, 0) is 31.2 Å². The van der Waals surface area contributed by atoms with Crippen LogP contribution in [0.5, 0.6) is 0 Å². The van der Waals surface area contributed by atoms with Crippen LogP contribution in [0, 0.1) is 0 Å². The lowest BCUT2D eigenvalue weighted by atomic mass is 10.2. The molecule has 0 aliphatic rings. The molecule has 0 saturated heterocycles. The highest BCUT2D eigenvalue weighted by Gasteiger charge is 2.02. The number of rotatable bonds is 8.